The molecule has 1 aromatic carbocycles. The van der Waals surface area contributed by atoms with Gasteiger partial charge in [-0.3, -0.25) is 4.79 Å². The minimum absolute atomic E-state index is 0.00774. The van der Waals surface area contributed by atoms with Crippen LogP contribution >= 0.6 is 11.8 Å². The van der Waals surface area contributed by atoms with Gasteiger partial charge < -0.3 is 10.4 Å². The number of aliphatic hydroxyl groups excluding tert-OH is 1. The second-order valence-electron chi connectivity index (χ2n) is 4.72. The average Bonchev–Trinajstić information content (AvgIpc) is 3.24. The summed E-state index contributed by atoms with van der Waals surface area (Å²) >= 11 is 1.74. The molecular weight excluding hydrogens is 277 g/mol. The second-order valence-corrected chi connectivity index (χ2v) is 6.00. The van der Waals surface area contributed by atoms with E-state index in [0.717, 1.165) is 12.8 Å². The first-order valence-corrected chi connectivity index (χ1v) is 7.55. The van der Waals surface area contributed by atoms with Gasteiger partial charge in [-0.25, -0.2) is 4.39 Å². The van der Waals surface area contributed by atoms with Gasteiger partial charge in [-0.1, -0.05) is 11.8 Å². The molecule has 1 aliphatic carbocycles. The van der Waals surface area contributed by atoms with E-state index in [4.69, 9.17) is 5.11 Å². The molecule has 2 N–H and O–H groups in total. The molecule has 3 nitrogen and oxygen atoms in total. The number of hydrogen-bond donors (Lipinski definition) is 2. The number of rotatable bonds is 4. The summed E-state index contributed by atoms with van der Waals surface area (Å²) in [5.74, 6) is 4.15. The van der Waals surface area contributed by atoms with E-state index in [9.17, 15) is 9.18 Å². The number of nitrogens with one attached hydrogen (secondary N) is 1. The lowest BCUT2D eigenvalue weighted by Gasteiger charge is -2.13. The topological polar surface area (TPSA) is 49.3 Å². The maximum absolute atomic E-state index is 13.7. The Hall–Kier alpha value is -1.51. The standard InChI is InChI=1S/C15H16FNO2S/c1-20-15(6-7-15)10-17-14(19)12-9-11(3-2-8-18)4-5-13(12)16/h4-5,9,18H,6-8,10H2,1H3,(H,17,19). The van der Waals surface area contributed by atoms with E-state index in [1.165, 1.54) is 18.2 Å². The Kier molecular flexibility index (Phi) is 4.69. The Labute approximate surface area is 122 Å². The molecule has 0 saturated heterocycles. The number of aliphatic hydroxyl groups is 1. The highest BCUT2D eigenvalue weighted by Crippen LogP contribution is 2.46. The highest BCUT2D eigenvalue weighted by Gasteiger charge is 2.42. The molecule has 1 saturated carbocycles. The van der Waals surface area contributed by atoms with Crippen LogP contribution in [0.3, 0.4) is 0 Å². The normalized spacial score (nSPS) is 15.2. The zero-order chi connectivity index (χ0) is 14.6. The highest BCUT2D eigenvalue weighted by atomic mass is 32.2. The van der Waals surface area contributed by atoms with Gasteiger partial charge in [0.05, 0.1) is 5.56 Å². The lowest BCUT2D eigenvalue weighted by atomic mass is 10.1. The Morgan fingerprint density at radius 1 is 1.55 bits per heavy atom. The monoisotopic (exact) mass is 293 g/mol. The van der Waals surface area contributed by atoms with Crippen LogP contribution in [0.2, 0.25) is 0 Å². The molecule has 1 amide bonds. The van der Waals surface area contributed by atoms with Crippen LogP contribution in [-0.2, 0) is 0 Å². The number of thioether (sulfide) groups is 1. The fourth-order valence-corrected chi connectivity index (χ4v) is 2.57. The van der Waals surface area contributed by atoms with Crippen molar-refractivity contribution in [3.8, 4) is 11.8 Å². The van der Waals surface area contributed by atoms with Crippen molar-refractivity contribution >= 4 is 17.7 Å². The van der Waals surface area contributed by atoms with E-state index in [1.807, 2.05) is 6.26 Å². The van der Waals surface area contributed by atoms with E-state index in [1.54, 1.807) is 11.8 Å². The van der Waals surface area contributed by atoms with Crippen molar-refractivity contribution < 1.29 is 14.3 Å². The van der Waals surface area contributed by atoms with E-state index < -0.39 is 11.7 Å². The molecule has 0 unspecified atom stereocenters. The number of amides is 1. The fraction of sp³-hybridized carbons (Fsp3) is 0.400. The molecule has 1 fully saturated rings. The molecule has 0 atom stereocenters. The number of halogens is 1. The molecule has 0 spiro atoms. The molecule has 20 heavy (non-hydrogen) atoms. The van der Waals surface area contributed by atoms with Crippen molar-refractivity contribution in [2.24, 2.45) is 0 Å². The molecule has 1 aromatic rings. The lowest BCUT2D eigenvalue weighted by molar-refractivity contribution is 0.0949. The summed E-state index contributed by atoms with van der Waals surface area (Å²) in [5, 5.41) is 11.4. The zero-order valence-corrected chi connectivity index (χ0v) is 12.0. The van der Waals surface area contributed by atoms with Gasteiger partial charge in [-0.15, -0.1) is 0 Å². The van der Waals surface area contributed by atoms with E-state index >= 15 is 0 Å². The van der Waals surface area contributed by atoms with Crippen LogP contribution in [0.1, 0.15) is 28.8 Å². The van der Waals surface area contributed by atoms with Crippen molar-refractivity contribution in [2.75, 3.05) is 19.4 Å². The van der Waals surface area contributed by atoms with Gasteiger partial charge in [-0.05, 0) is 37.3 Å². The maximum atomic E-state index is 13.7. The van der Waals surface area contributed by atoms with Gasteiger partial charge in [0.1, 0.15) is 12.4 Å². The SMILES string of the molecule is CSC1(CNC(=O)c2cc(C#CCO)ccc2F)CC1. The van der Waals surface area contributed by atoms with Crippen molar-refractivity contribution in [1.82, 2.24) is 5.32 Å². The van der Waals surface area contributed by atoms with Crippen LogP contribution < -0.4 is 5.32 Å². The zero-order valence-electron chi connectivity index (χ0n) is 11.2. The van der Waals surface area contributed by atoms with E-state index in [-0.39, 0.29) is 16.9 Å². The summed E-state index contributed by atoms with van der Waals surface area (Å²) < 4.78 is 13.8. The molecule has 0 radical (unpaired) electrons. The number of hydrogen-bond acceptors (Lipinski definition) is 3. The van der Waals surface area contributed by atoms with E-state index in [0.29, 0.717) is 12.1 Å². The van der Waals surface area contributed by atoms with Gasteiger partial charge in [0.2, 0.25) is 0 Å². The minimum atomic E-state index is -0.564. The first-order valence-electron chi connectivity index (χ1n) is 6.33. The number of carbonyl (C=O) groups is 1. The van der Waals surface area contributed by atoms with Crippen LogP contribution in [0.5, 0.6) is 0 Å². The maximum Gasteiger partial charge on any atom is 0.254 e. The predicted molar refractivity (Wildman–Crippen MR) is 78.2 cm³/mol. The molecule has 5 heteroatoms. The molecular formula is C15H16FNO2S. The number of benzene rings is 1. The fourth-order valence-electron chi connectivity index (χ4n) is 1.85. The Bertz CT molecular complexity index is 573. The van der Waals surface area contributed by atoms with Gasteiger partial charge in [-0.2, -0.15) is 11.8 Å². The molecule has 0 aliphatic heterocycles. The van der Waals surface area contributed by atoms with Crippen LogP contribution in [0.4, 0.5) is 4.39 Å². The van der Waals surface area contributed by atoms with Crippen molar-refractivity contribution in [3.63, 3.8) is 0 Å². The van der Waals surface area contributed by atoms with Gasteiger partial charge in [0, 0.05) is 16.9 Å². The molecule has 0 aromatic heterocycles. The van der Waals surface area contributed by atoms with Crippen LogP contribution in [0.15, 0.2) is 18.2 Å². The Morgan fingerprint density at radius 3 is 2.90 bits per heavy atom. The van der Waals surface area contributed by atoms with Gasteiger partial charge in [0.25, 0.3) is 5.91 Å². The van der Waals surface area contributed by atoms with Crippen LogP contribution in [0.25, 0.3) is 0 Å². The largest absolute Gasteiger partial charge is 0.384 e. The third kappa shape index (κ3) is 3.53. The third-order valence-electron chi connectivity index (χ3n) is 3.33. The quantitative estimate of drug-likeness (QED) is 0.832. The van der Waals surface area contributed by atoms with Gasteiger partial charge >= 0.3 is 0 Å². The molecule has 0 heterocycles. The second kappa shape index (κ2) is 6.29. The summed E-state index contributed by atoms with van der Waals surface area (Å²) in [6, 6.07) is 4.11. The Morgan fingerprint density at radius 2 is 2.30 bits per heavy atom. The molecule has 2 rings (SSSR count). The number of carbonyl (C=O) groups excluding carboxylic acids is 1. The average molecular weight is 293 g/mol. The third-order valence-corrected chi connectivity index (χ3v) is 4.75. The Balaban J connectivity index is 2.08. The summed E-state index contributed by atoms with van der Waals surface area (Å²) in [4.78, 5) is 12.0. The van der Waals surface area contributed by atoms with Crippen molar-refractivity contribution in [1.29, 1.82) is 0 Å². The minimum Gasteiger partial charge on any atom is -0.384 e. The highest BCUT2D eigenvalue weighted by molar-refractivity contribution is 8.00. The lowest BCUT2D eigenvalue weighted by Crippen LogP contribution is -2.32. The summed E-state index contributed by atoms with van der Waals surface area (Å²) in [7, 11) is 0. The van der Waals surface area contributed by atoms with Crippen LogP contribution in [0, 0.1) is 17.7 Å². The smallest absolute Gasteiger partial charge is 0.254 e. The molecule has 106 valence electrons. The van der Waals surface area contributed by atoms with Gasteiger partial charge in [0.15, 0.2) is 0 Å². The van der Waals surface area contributed by atoms with E-state index in [2.05, 4.69) is 17.2 Å². The summed E-state index contributed by atoms with van der Waals surface area (Å²) in [6.07, 6.45) is 4.18. The first kappa shape index (κ1) is 14.9. The summed E-state index contributed by atoms with van der Waals surface area (Å²) in [6.45, 7) is 0.286. The van der Waals surface area contributed by atoms with Crippen molar-refractivity contribution in [2.45, 2.75) is 17.6 Å². The first-order chi connectivity index (χ1) is 9.60. The molecule has 0 bridgehead atoms. The van der Waals surface area contributed by atoms with Crippen molar-refractivity contribution in [3.05, 3.63) is 35.1 Å². The summed E-state index contributed by atoms with van der Waals surface area (Å²) in [5.41, 5.74) is 0.503. The van der Waals surface area contributed by atoms with Crippen LogP contribution in [-0.4, -0.2) is 35.2 Å². The predicted octanol–water partition coefficient (Wildman–Crippen LogP) is 1.79. The molecule has 1 aliphatic rings.